The highest BCUT2D eigenvalue weighted by Gasteiger charge is 2.66. The summed E-state index contributed by atoms with van der Waals surface area (Å²) in [7, 11) is 0. The van der Waals surface area contributed by atoms with Crippen molar-refractivity contribution < 1.29 is 19.5 Å². The van der Waals surface area contributed by atoms with Crippen LogP contribution < -0.4 is 4.90 Å². The van der Waals surface area contributed by atoms with Crippen LogP contribution in [0.1, 0.15) is 16.8 Å². The molecule has 1 N–H and O–H groups in total. The number of carbonyl (C=O) groups excluding carboxylic acids is 2. The summed E-state index contributed by atoms with van der Waals surface area (Å²) in [5, 5.41) is 8.37. The van der Waals surface area contributed by atoms with Gasteiger partial charge >= 0.3 is 5.97 Å². The number of alkyl halides is 2. The number of aromatic carboxylic acids is 1. The molecule has 0 radical (unpaired) electrons. The number of benzene rings is 1. The molecule has 1 saturated heterocycles. The van der Waals surface area contributed by atoms with Gasteiger partial charge in [0.05, 0.1) is 33.8 Å². The molecular weight excluding hydrogens is 341 g/mol. The molecule has 23 heavy (non-hydrogen) atoms. The molecule has 6 atom stereocenters. The van der Waals surface area contributed by atoms with Crippen molar-refractivity contribution in [1.82, 2.24) is 0 Å². The maximum absolute atomic E-state index is 12.7. The zero-order valence-electron chi connectivity index (χ0n) is 11.9. The van der Waals surface area contributed by atoms with Gasteiger partial charge < -0.3 is 5.11 Å². The number of amides is 2. The van der Waals surface area contributed by atoms with Gasteiger partial charge in [-0.3, -0.25) is 14.5 Å². The molecule has 2 saturated carbocycles. The van der Waals surface area contributed by atoms with Crippen molar-refractivity contribution in [1.29, 1.82) is 0 Å². The van der Waals surface area contributed by atoms with E-state index >= 15 is 0 Å². The molecule has 1 aromatic rings. The van der Waals surface area contributed by atoms with Crippen LogP contribution in [-0.2, 0) is 9.59 Å². The minimum absolute atomic E-state index is 0.0612. The minimum atomic E-state index is -1.06. The lowest BCUT2D eigenvalue weighted by molar-refractivity contribution is -0.123. The molecule has 7 heteroatoms. The number of carboxylic acids is 1. The van der Waals surface area contributed by atoms with Gasteiger partial charge in [-0.2, -0.15) is 0 Å². The Balaban J connectivity index is 1.68. The summed E-state index contributed by atoms with van der Waals surface area (Å²) in [4.78, 5) is 37.6. The van der Waals surface area contributed by atoms with Crippen LogP contribution in [0, 0.1) is 23.7 Å². The number of halogens is 2. The SMILES string of the molecule is O=C(O)c1ccc(N2C(=O)[C@@H]3[C@H]4C[C@@H]([C@H](Cl)[C@H]4Cl)[C@H]3C2=O)cc1. The first-order chi connectivity index (χ1) is 10.9. The number of carboxylic acid groups (broad SMARTS) is 1. The largest absolute Gasteiger partial charge is 0.478 e. The molecule has 3 fully saturated rings. The van der Waals surface area contributed by atoms with Gasteiger partial charge in [0.25, 0.3) is 0 Å². The highest BCUT2D eigenvalue weighted by Crippen LogP contribution is 2.59. The number of carbonyl (C=O) groups is 3. The molecule has 2 aliphatic carbocycles. The fraction of sp³-hybridized carbons (Fsp3) is 0.438. The number of imide groups is 1. The molecule has 4 rings (SSSR count). The van der Waals surface area contributed by atoms with Crippen LogP contribution in [0.4, 0.5) is 5.69 Å². The van der Waals surface area contributed by atoms with Crippen LogP contribution in [0.2, 0.25) is 0 Å². The van der Waals surface area contributed by atoms with Gasteiger partial charge in [-0.05, 0) is 42.5 Å². The van der Waals surface area contributed by atoms with Crippen molar-refractivity contribution in [2.75, 3.05) is 4.90 Å². The Hall–Kier alpha value is -1.59. The molecule has 120 valence electrons. The van der Waals surface area contributed by atoms with E-state index in [1.165, 1.54) is 29.2 Å². The Morgan fingerprint density at radius 1 is 1.00 bits per heavy atom. The van der Waals surface area contributed by atoms with E-state index in [1.807, 2.05) is 0 Å². The lowest BCUT2D eigenvalue weighted by Gasteiger charge is -2.28. The van der Waals surface area contributed by atoms with Crippen LogP contribution in [0.25, 0.3) is 0 Å². The third kappa shape index (κ3) is 1.90. The molecule has 5 nitrogen and oxygen atoms in total. The first-order valence-electron chi connectivity index (χ1n) is 7.41. The Labute approximate surface area is 142 Å². The molecule has 2 amide bonds. The maximum atomic E-state index is 12.7. The number of hydrogen-bond donors (Lipinski definition) is 1. The third-order valence-corrected chi connectivity index (χ3v) is 6.68. The molecule has 2 bridgehead atoms. The Kier molecular flexibility index (Phi) is 3.22. The van der Waals surface area contributed by atoms with Crippen LogP contribution in [0.15, 0.2) is 24.3 Å². The highest BCUT2D eigenvalue weighted by molar-refractivity contribution is 6.32. The zero-order valence-corrected chi connectivity index (χ0v) is 13.4. The molecule has 0 aromatic heterocycles. The lowest BCUT2D eigenvalue weighted by Crippen LogP contribution is -2.37. The molecule has 3 aliphatic rings. The van der Waals surface area contributed by atoms with Gasteiger partial charge in [-0.15, -0.1) is 23.2 Å². The Morgan fingerprint density at radius 2 is 1.48 bits per heavy atom. The van der Waals surface area contributed by atoms with Gasteiger partial charge in [0, 0.05) is 0 Å². The minimum Gasteiger partial charge on any atom is -0.478 e. The standard InChI is InChI=1S/C16H13Cl2NO4/c17-12-8-5-9(13(12)18)11-10(8)14(20)19(15(11)21)7-3-1-6(2-4-7)16(22)23/h1-4,8-13H,5H2,(H,22,23)/t8-,9-,10-,11-,12+,13+/m1/s1. The second-order valence-electron chi connectivity index (χ2n) is 6.37. The van der Waals surface area contributed by atoms with Crippen LogP contribution in [0.5, 0.6) is 0 Å². The average molecular weight is 354 g/mol. The van der Waals surface area contributed by atoms with Gasteiger partial charge in [-0.25, -0.2) is 4.79 Å². The van der Waals surface area contributed by atoms with Crippen molar-refractivity contribution in [3.05, 3.63) is 29.8 Å². The summed E-state index contributed by atoms with van der Waals surface area (Å²) in [6, 6.07) is 5.74. The summed E-state index contributed by atoms with van der Waals surface area (Å²) in [6.07, 6.45) is 0.723. The molecular formula is C16H13Cl2NO4. The van der Waals surface area contributed by atoms with Crippen molar-refractivity contribution in [3.63, 3.8) is 0 Å². The highest BCUT2D eigenvalue weighted by atomic mass is 35.5. The summed E-state index contributed by atoms with van der Waals surface area (Å²) in [5.74, 6) is -2.47. The third-order valence-electron chi connectivity index (χ3n) is 5.36. The van der Waals surface area contributed by atoms with E-state index < -0.39 is 17.8 Å². The number of fused-ring (bicyclic) bond motifs is 5. The van der Waals surface area contributed by atoms with Crippen molar-refractivity contribution in [2.24, 2.45) is 23.7 Å². The smallest absolute Gasteiger partial charge is 0.335 e. The summed E-state index contributed by atoms with van der Waals surface area (Å²) >= 11 is 12.6. The van der Waals surface area contributed by atoms with E-state index in [-0.39, 0.29) is 40.0 Å². The Morgan fingerprint density at radius 3 is 1.91 bits per heavy atom. The van der Waals surface area contributed by atoms with E-state index in [4.69, 9.17) is 28.3 Å². The molecule has 1 heterocycles. The number of anilines is 1. The van der Waals surface area contributed by atoms with Gasteiger partial charge in [0.2, 0.25) is 11.8 Å². The number of nitrogens with zero attached hydrogens (tertiary/aromatic N) is 1. The first kappa shape index (κ1) is 15.0. The van der Waals surface area contributed by atoms with Crippen molar-refractivity contribution >= 4 is 46.7 Å². The number of hydrogen-bond acceptors (Lipinski definition) is 3. The second kappa shape index (κ2) is 4.95. The fourth-order valence-corrected chi connectivity index (χ4v) is 5.25. The predicted octanol–water partition coefficient (Wildman–Crippen LogP) is 2.35. The molecule has 0 spiro atoms. The summed E-state index contributed by atoms with van der Waals surface area (Å²) in [5.41, 5.74) is 0.505. The number of rotatable bonds is 2. The first-order valence-corrected chi connectivity index (χ1v) is 8.28. The monoisotopic (exact) mass is 353 g/mol. The molecule has 1 aliphatic heterocycles. The second-order valence-corrected chi connectivity index (χ2v) is 7.38. The summed E-state index contributed by atoms with van der Waals surface area (Å²) < 4.78 is 0. The lowest BCUT2D eigenvalue weighted by atomic mass is 9.80. The quantitative estimate of drug-likeness (QED) is 0.654. The van der Waals surface area contributed by atoms with Crippen molar-refractivity contribution in [3.8, 4) is 0 Å². The van der Waals surface area contributed by atoms with Crippen LogP contribution >= 0.6 is 23.2 Å². The van der Waals surface area contributed by atoms with E-state index in [0.29, 0.717) is 5.69 Å². The van der Waals surface area contributed by atoms with Gasteiger partial charge in [-0.1, -0.05) is 0 Å². The average Bonchev–Trinajstić information content (AvgIpc) is 3.12. The van der Waals surface area contributed by atoms with E-state index in [9.17, 15) is 14.4 Å². The maximum Gasteiger partial charge on any atom is 0.335 e. The molecule has 0 unspecified atom stereocenters. The van der Waals surface area contributed by atoms with E-state index in [0.717, 1.165) is 6.42 Å². The van der Waals surface area contributed by atoms with Gasteiger partial charge in [0.1, 0.15) is 0 Å². The Bertz CT molecular complexity index is 687. The summed E-state index contributed by atoms with van der Waals surface area (Å²) in [6.45, 7) is 0. The zero-order chi connectivity index (χ0) is 16.5. The van der Waals surface area contributed by atoms with Crippen molar-refractivity contribution in [2.45, 2.75) is 17.2 Å². The fourth-order valence-electron chi connectivity index (χ4n) is 4.36. The topological polar surface area (TPSA) is 74.7 Å². The normalized spacial score (nSPS) is 38.3. The van der Waals surface area contributed by atoms with Gasteiger partial charge in [0.15, 0.2) is 0 Å². The van der Waals surface area contributed by atoms with E-state index in [1.54, 1.807) is 0 Å². The van der Waals surface area contributed by atoms with E-state index in [2.05, 4.69) is 0 Å². The molecule has 1 aromatic carbocycles. The van der Waals surface area contributed by atoms with Crippen LogP contribution in [0.3, 0.4) is 0 Å². The van der Waals surface area contributed by atoms with Crippen LogP contribution in [-0.4, -0.2) is 33.6 Å². The predicted molar refractivity (Wildman–Crippen MR) is 83.8 cm³/mol.